The molecule has 0 saturated carbocycles. The van der Waals surface area contributed by atoms with Gasteiger partial charge in [-0.2, -0.15) is 15.2 Å². The van der Waals surface area contributed by atoms with Crippen molar-refractivity contribution in [2.45, 2.75) is 6.92 Å². The van der Waals surface area contributed by atoms with Crippen LogP contribution in [0.2, 0.25) is 0 Å². The molecule has 1 aromatic carbocycles. The molecule has 0 aliphatic heterocycles. The number of hydrogen-bond donors (Lipinski definition) is 2. The van der Waals surface area contributed by atoms with Crippen LogP contribution < -0.4 is 20.6 Å². The SMILES string of the molecule is COc1cc(Br)cc(/C=N/Nc2nc(=O)[nH]nc2C)c1OC. The van der Waals surface area contributed by atoms with E-state index in [1.165, 1.54) is 6.21 Å². The standard InChI is InChI=1S/C13H14BrN5O3/c1-7-12(16-13(20)19-17-7)18-15-6-8-4-9(14)5-10(21-2)11(8)22-3/h4-6H,1-3H3,(H2,16,18,19,20)/b15-6+. The highest BCUT2D eigenvalue weighted by molar-refractivity contribution is 9.10. The number of anilines is 1. The molecule has 1 heterocycles. The Morgan fingerprint density at radius 2 is 2.14 bits per heavy atom. The van der Waals surface area contributed by atoms with Crippen LogP contribution >= 0.6 is 15.9 Å². The molecule has 1 aromatic heterocycles. The minimum atomic E-state index is -0.551. The molecule has 0 unspecified atom stereocenters. The molecular weight excluding hydrogens is 354 g/mol. The third-order valence-electron chi connectivity index (χ3n) is 2.72. The molecule has 0 saturated heterocycles. The van der Waals surface area contributed by atoms with Gasteiger partial charge in [-0.25, -0.2) is 9.89 Å². The summed E-state index contributed by atoms with van der Waals surface area (Å²) >= 11 is 3.39. The molecule has 116 valence electrons. The number of benzene rings is 1. The van der Waals surface area contributed by atoms with E-state index < -0.39 is 5.69 Å². The molecule has 0 amide bonds. The number of halogens is 1. The maximum absolute atomic E-state index is 11.1. The van der Waals surface area contributed by atoms with Gasteiger partial charge in [0.2, 0.25) is 0 Å². The van der Waals surface area contributed by atoms with Crippen LogP contribution in [0.25, 0.3) is 0 Å². The van der Waals surface area contributed by atoms with Crippen LogP contribution in [-0.4, -0.2) is 35.6 Å². The summed E-state index contributed by atoms with van der Waals surface area (Å²) in [6.07, 6.45) is 1.54. The second-order valence-electron chi connectivity index (χ2n) is 4.18. The van der Waals surface area contributed by atoms with E-state index in [2.05, 4.69) is 41.6 Å². The highest BCUT2D eigenvalue weighted by atomic mass is 79.9. The normalized spacial score (nSPS) is 10.7. The molecule has 2 rings (SSSR count). The van der Waals surface area contributed by atoms with Crippen LogP contribution in [0.3, 0.4) is 0 Å². The van der Waals surface area contributed by atoms with Crippen LogP contribution in [0.4, 0.5) is 5.82 Å². The van der Waals surface area contributed by atoms with Gasteiger partial charge in [0.25, 0.3) is 0 Å². The van der Waals surface area contributed by atoms with Crippen molar-refractivity contribution in [2.24, 2.45) is 5.10 Å². The van der Waals surface area contributed by atoms with E-state index in [9.17, 15) is 4.79 Å². The van der Waals surface area contributed by atoms with Gasteiger partial charge >= 0.3 is 5.69 Å². The second kappa shape index (κ2) is 7.03. The van der Waals surface area contributed by atoms with Gasteiger partial charge < -0.3 is 9.47 Å². The first-order chi connectivity index (χ1) is 10.5. The predicted octanol–water partition coefficient (Wildman–Crippen LogP) is 1.70. The van der Waals surface area contributed by atoms with Crippen LogP contribution in [-0.2, 0) is 0 Å². The molecule has 2 N–H and O–H groups in total. The lowest BCUT2D eigenvalue weighted by Gasteiger charge is -2.10. The van der Waals surface area contributed by atoms with E-state index in [0.717, 1.165) is 4.47 Å². The molecule has 9 heteroatoms. The average Bonchev–Trinajstić information content (AvgIpc) is 2.50. The summed E-state index contributed by atoms with van der Waals surface area (Å²) < 4.78 is 11.4. The Morgan fingerprint density at radius 3 is 2.82 bits per heavy atom. The van der Waals surface area contributed by atoms with Crippen molar-refractivity contribution in [1.29, 1.82) is 0 Å². The largest absolute Gasteiger partial charge is 0.493 e. The van der Waals surface area contributed by atoms with Crippen LogP contribution in [0.5, 0.6) is 11.5 Å². The summed E-state index contributed by atoms with van der Waals surface area (Å²) in [7, 11) is 3.10. The Morgan fingerprint density at radius 1 is 1.36 bits per heavy atom. The number of aromatic nitrogens is 3. The molecule has 0 atom stereocenters. The zero-order valence-electron chi connectivity index (χ0n) is 12.2. The number of methoxy groups -OCH3 is 2. The van der Waals surface area contributed by atoms with Crippen molar-refractivity contribution in [1.82, 2.24) is 15.2 Å². The third-order valence-corrected chi connectivity index (χ3v) is 3.18. The van der Waals surface area contributed by atoms with E-state index in [1.807, 2.05) is 6.07 Å². The minimum absolute atomic E-state index is 0.279. The van der Waals surface area contributed by atoms with Crippen molar-refractivity contribution in [3.63, 3.8) is 0 Å². The molecule has 0 aliphatic rings. The van der Waals surface area contributed by atoms with E-state index in [0.29, 0.717) is 22.8 Å². The van der Waals surface area contributed by atoms with E-state index in [1.54, 1.807) is 27.2 Å². The highest BCUT2D eigenvalue weighted by Gasteiger charge is 2.10. The van der Waals surface area contributed by atoms with Crippen molar-refractivity contribution < 1.29 is 9.47 Å². The lowest BCUT2D eigenvalue weighted by Crippen LogP contribution is -2.15. The van der Waals surface area contributed by atoms with Gasteiger partial charge in [0, 0.05) is 10.0 Å². The maximum atomic E-state index is 11.1. The molecule has 0 aliphatic carbocycles. The number of hydrazone groups is 1. The van der Waals surface area contributed by atoms with Crippen LogP contribution in [0.15, 0.2) is 26.5 Å². The summed E-state index contributed by atoms with van der Waals surface area (Å²) in [5.74, 6) is 1.40. The average molecular weight is 368 g/mol. The van der Waals surface area contributed by atoms with Crippen molar-refractivity contribution >= 4 is 28.0 Å². The van der Waals surface area contributed by atoms with E-state index >= 15 is 0 Å². The van der Waals surface area contributed by atoms with Gasteiger partial charge in [0.1, 0.15) is 5.69 Å². The summed E-state index contributed by atoms with van der Waals surface area (Å²) in [4.78, 5) is 14.9. The van der Waals surface area contributed by atoms with Crippen LogP contribution in [0.1, 0.15) is 11.3 Å². The molecule has 22 heavy (non-hydrogen) atoms. The second-order valence-corrected chi connectivity index (χ2v) is 5.09. The van der Waals surface area contributed by atoms with E-state index in [-0.39, 0.29) is 5.82 Å². The fourth-order valence-corrected chi connectivity index (χ4v) is 2.17. The summed E-state index contributed by atoms with van der Waals surface area (Å²) in [6, 6.07) is 3.61. The quantitative estimate of drug-likeness (QED) is 0.615. The van der Waals surface area contributed by atoms with Crippen molar-refractivity contribution in [3.8, 4) is 11.5 Å². The fourth-order valence-electron chi connectivity index (χ4n) is 1.72. The lowest BCUT2D eigenvalue weighted by molar-refractivity contribution is 0.354. The van der Waals surface area contributed by atoms with Crippen molar-refractivity contribution in [3.05, 3.63) is 38.3 Å². The topological polar surface area (TPSA) is 101 Å². The number of aryl methyl sites for hydroxylation is 1. The Labute approximate surface area is 134 Å². The number of nitrogens with one attached hydrogen (secondary N) is 2. The van der Waals surface area contributed by atoms with Gasteiger partial charge in [-0.15, -0.1) is 0 Å². The number of aromatic amines is 1. The van der Waals surface area contributed by atoms with Crippen molar-refractivity contribution in [2.75, 3.05) is 19.6 Å². The first-order valence-electron chi connectivity index (χ1n) is 6.19. The summed E-state index contributed by atoms with van der Waals surface area (Å²) in [5.41, 5.74) is 3.34. The zero-order valence-corrected chi connectivity index (χ0v) is 13.8. The fraction of sp³-hybridized carbons (Fsp3) is 0.231. The van der Waals surface area contributed by atoms with Gasteiger partial charge in [-0.05, 0) is 19.1 Å². The molecule has 8 nitrogen and oxygen atoms in total. The molecule has 0 bridgehead atoms. The van der Waals surface area contributed by atoms with Crippen LogP contribution in [0, 0.1) is 6.92 Å². The Hall–Kier alpha value is -2.42. The van der Waals surface area contributed by atoms with Gasteiger partial charge in [-0.1, -0.05) is 15.9 Å². The molecule has 2 aromatic rings. The predicted molar refractivity (Wildman–Crippen MR) is 85.9 cm³/mol. The van der Waals surface area contributed by atoms with E-state index in [4.69, 9.17) is 9.47 Å². The minimum Gasteiger partial charge on any atom is -0.493 e. The Bertz CT molecular complexity index is 760. The number of nitrogens with zero attached hydrogens (tertiary/aromatic N) is 3. The number of ether oxygens (including phenoxy) is 2. The molecule has 0 fully saturated rings. The third kappa shape index (κ3) is 3.61. The Kier molecular flexibility index (Phi) is 5.10. The molecule has 0 spiro atoms. The highest BCUT2D eigenvalue weighted by Crippen LogP contribution is 2.33. The lowest BCUT2D eigenvalue weighted by atomic mass is 10.2. The Balaban J connectivity index is 2.28. The van der Waals surface area contributed by atoms with Gasteiger partial charge in [0.05, 0.1) is 20.4 Å². The zero-order chi connectivity index (χ0) is 16.1. The number of H-pyrrole nitrogens is 1. The summed E-state index contributed by atoms with van der Waals surface area (Å²) in [6.45, 7) is 1.70. The molecule has 0 radical (unpaired) electrons. The number of rotatable bonds is 5. The summed E-state index contributed by atoms with van der Waals surface area (Å²) in [5, 5.41) is 10.1. The first kappa shape index (κ1) is 16.0. The maximum Gasteiger partial charge on any atom is 0.363 e. The van der Waals surface area contributed by atoms with Gasteiger partial charge in [-0.3, -0.25) is 5.43 Å². The molecular formula is C13H14BrN5O3. The smallest absolute Gasteiger partial charge is 0.363 e. The van der Waals surface area contributed by atoms with Gasteiger partial charge in [0.15, 0.2) is 17.3 Å². The monoisotopic (exact) mass is 367 g/mol. The first-order valence-corrected chi connectivity index (χ1v) is 6.98. The number of hydrogen-bond acceptors (Lipinski definition) is 7.